The number of aliphatic hydroxyl groups excluding tert-OH is 1. The third-order valence-corrected chi connectivity index (χ3v) is 5.65. The van der Waals surface area contributed by atoms with E-state index in [1.54, 1.807) is 14.2 Å². The van der Waals surface area contributed by atoms with E-state index in [1.165, 1.54) is 5.56 Å². The van der Waals surface area contributed by atoms with Crippen LogP contribution >= 0.6 is 0 Å². The smallest absolute Gasteiger partial charge is 0.123 e. The lowest BCUT2D eigenvalue weighted by molar-refractivity contribution is 0.0496. The second-order valence-electron chi connectivity index (χ2n) is 7.63. The molecule has 0 aromatic heterocycles. The maximum atomic E-state index is 9.63. The maximum Gasteiger partial charge on any atom is 0.123 e. The summed E-state index contributed by atoms with van der Waals surface area (Å²) in [6.45, 7) is 7.40. The van der Waals surface area contributed by atoms with Gasteiger partial charge < -0.3 is 19.3 Å². The van der Waals surface area contributed by atoms with Gasteiger partial charge in [0.1, 0.15) is 17.2 Å². The lowest BCUT2D eigenvalue weighted by Gasteiger charge is -2.41. The van der Waals surface area contributed by atoms with Crippen LogP contribution in [0.1, 0.15) is 24.5 Å². The molecule has 1 fully saturated rings. The molecule has 1 aliphatic rings. The normalized spacial score (nSPS) is 17.7. The zero-order chi connectivity index (χ0) is 21.3. The molecule has 1 N–H and O–H groups in total. The Balaban J connectivity index is 1.65. The van der Waals surface area contributed by atoms with Crippen LogP contribution in [0.4, 0.5) is 0 Å². The van der Waals surface area contributed by atoms with E-state index in [9.17, 15) is 5.11 Å². The molecular formula is C24H34N2O4. The van der Waals surface area contributed by atoms with Crippen molar-refractivity contribution in [2.75, 3.05) is 47.1 Å². The van der Waals surface area contributed by atoms with Gasteiger partial charge in [-0.05, 0) is 49.2 Å². The average Bonchev–Trinajstić information content (AvgIpc) is 2.77. The highest BCUT2D eigenvalue weighted by Crippen LogP contribution is 2.27. The molecule has 2 aromatic rings. The molecule has 0 unspecified atom stereocenters. The number of methoxy groups -OCH3 is 2. The van der Waals surface area contributed by atoms with Gasteiger partial charge in [0.25, 0.3) is 0 Å². The van der Waals surface area contributed by atoms with E-state index >= 15 is 0 Å². The van der Waals surface area contributed by atoms with Gasteiger partial charge in [-0.1, -0.05) is 12.1 Å². The number of piperazine rings is 1. The fraction of sp³-hybridized carbons (Fsp3) is 0.500. The van der Waals surface area contributed by atoms with Crippen LogP contribution in [0.25, 0.3) is 0 Å². The minimum Gasteiger partial charge on any atom is -0.497 e. The predicted molar refractivity (Wildman–Crippen MR) is 118 cm³/mol. The molecule has 6 heteroatoms. The molecule has 0 amide bonds. The Bertz CT molecular complexity index is 781. The van der Waals surface area contributed by atoms with Crippen molar-refractivity contribution in [1.82, 2.24) is 9.80 Å². The molecule has 0 radical (unpaired) electrons. The Morgan fingerprint density at radius 3 is 2.40 bits per heavy atom. The fourth-order valence-electron chi connectivity index (χ4n) is 4.07. The first-order chi connectivity index (χ1) is 14.7. The molecule has 0 saturated carbocycles. The van der Waals surface area contributed by atoms with Gasteiger partial charge in [-0.2, -0.15) is 0 Å². The minimum absolute atomic E-state index is 0.195. The highest BCUT2D eigenvalue weighted by molar-refractivity contribution is 5.40. The van der Waals surface area contributed by atoms with Gasteiger partial charge in [0, 0.05) is 50.9 Å². The minimum atomic E-state index is 0.195. The van der Waals surface area contributed by atoms with E-state index in [-0.39, 0.29) is 6.61 Å². The Morgan fingerprint density at radius 1 is 0.967 bits per heavy atom. The van der Waals surface area contributed by atoms with E-state index in [0.717, 1.165) is 62.0 Å². The van der Waals surface area contributed by atoms with Crippen molar-refractivity contribution in [3.63, 3.8) is 0 Å². The first kappa shape index (κ1) is 22.4. The van der Waals surface area contributed by atoms with Crippen LogP contribution in [0, 0.1) is 0 Å². The Hall–Kier alpha value is -2.28. The molecule has 1 saturated heterocycles. The van der Waals surface area contributed by atoms with E-state index in [0.29, 0.717) is 12.6 Å². The van der Waals surface area contributed by atoms with Crippen LogP contribution in [-0.4, -0.2) is 68.0 Å². The van der Waals surface area contributed by atoms with E-state index in [1.807, 2.05) is 37.3 Å². The van der Waals surface area contributed by atoms with Crippen LogP contribution in [-0.2, 0) is 13.1 Å². The summed E-state index contributed by atoms with van der Waals surface area (Å²) in [6, 6.07) is 14.6. The van der Waals surface area contributed by atoms with Crippen LogP contribution in [0.2, 0.25) is 0 Å². The number of hydrogen-bond donors (Lipinski definition) is 1. The summed E-state index contributed by atoms with van der Waals surface area (Å²) in [4.78, 5) is 4.91. The third kappa shape index (κ3) is 5.88. The van der Waals surface area contributed by atoms with Crippen molar-refractivity contribution < 1.29 is 19.3 Å². The monoisotopic (exact) mass is 414 g/mol. The number of rotatable bonds is 10. The molecule has 1 atom stereocenters. The molecule has 30 heavy (non-hydrogen) atoms. The Morgan fingerprint density at radius 2 is 1.73 bits per heavy atom. The van der Waals surface area contributed by atoms with Crippen LogP contribution < -0.4 is 14.2 Å². The summed E-state index contributed by atoms with van der Waals surface area (Å²) < 4.78 is 16.5. The van der Waals surface area contributed by atoms with Crippen LogP contribution in [0.5, 0.6) is 17.2 Å². The first-order valence-corrected chi connectivity index (χ1v) is 10.7. The van der Waals surface area contributed by atoms with Crippen molar-refractivity contribution in [2.24, 2.45) is 0 Å². The number of hydrogen-bond acceptors (Lipinski definition) is 6. The molecule has 0 bridgehead atoms. The molecule has 1 aliphatic heterocycles. The van der Waals surface area contributed by atoms with E-state index in [2.05, 4.69) is 21.9 Å². The summed E-state index contributed by atoms with van der Waals surface area (Å²) in [5.41, 5.74) is 2.39. The molecule has 164 valence electrons. The highest BCUT2D eigenvalue weighted by atomic mass is 16.5. The fourth-order valence-corrected chi connectivity index (χ4v) is 4.07. The summed E-state index contributed by atoms with van der Waals surface area (Å²) in [5, 5.41) is 9.63. The zero-order valence-electron chi connectivity index (χ0n) is 18.3. The van der Waals surface area contributed by atoms with Crippen molar-refractivity contribution in [1.29, 1.82) is 0 Å². The first-order valence-electron chi connectivity index (χ1n) is 10.7. The second-order valence-corrected chi connectivity index (χ2v) is 7.63. The van der Waals surface area contributed by atoms with Crippen molar-refractivity contribution >= 4 is 0 Å². The molecule has 6 nitrogen and oxygen atoms in total. The van der Waals surface area contributed by atoms with Crippen molar-refractivity contribution in [3.05, 3.63) is 53.6 Å². The quantitative estimate of drug-likeness (QED) is 0.645. The Kier molecular flexibility index (Phi) is 8.37. The van der Waals surface area contributed by atoms with Gasteiger partial charge in [0.2, 0.25) is 0 Å². The van der Waals surface area contributed by atoms with Gasteiger partial charge >= 0.3 is 0 Å². The third-order valence-electron chi connectivity index (χ3n) is 5.65. The SMILES string of the molecule is CCOc1ccc(CN2CCN(Cc3cc(OC)ccc3OC)C[C@H]2CCO)cc1. The number of ether oxygens (including phenoxy) is 3. The highest BCUT2D eigenvalue weighted by Gasteiger charge is 2.27. The Labute approximate surface area is 180 Å². The molecule has 1 heterocycles. The largest absolute Gasteiger partial charge is 0.497 e. The lowest BCUT2D eigenvalue weighted by Crippen LogP contribution is -2.52. The number of aliphatic hydroxyl groups is 1. The number of nitrogens with zero attached hydrogens (tertiary/aromatic N) is 2. The van der Waals surface area contributed by atoms with Gasteiger partial charge in [0.05, 0.1) is 20.8 Å². The van der Waals surface area contributed by atoms with Crippen LogP contribution in [0.15, 0.2) is 42.5 Å². The van der Waals surface area contributed by atoms with E-state index < -0.39 is 0 Å². The lowest BCUT2D eigenvalue weighted by atomic mass is 10.1. The standard InChI is InChI=1S/C24H34N2O4/c1-4-30-22-7-5-19(6-8-22)16-26-13-12-25(18-21(26)11-14-27)17-20-15-23(28-2)9-10-24(20)29-3/h5-10,15,21,27H,4,11-14,16-18H2,1-3H3/t21-/m1/s1. The van der Waals surface area contributed by atoms with Gasteiger partial charge in [-0.15, -0.1) is 0 Å². The average molecular weight is 415 g/mol. The molecule has 2 aromatic carbocycles. The summed E-state index contributed by atoms with van der Waals surface area (Å²) in [5.74, 6) is 2.63. The molecule has 0 aliphatic carbocycles. The maximum absolute atomic E-state index is 9.63. The zero-order valence-corrected chi connectivity index (χ0v) is 18.3. The topological polar surface area (TPSA) is 54.4 Å². The van der Waals surface area contributed by atoms with E-state index in [4.69, 9.17) is 14.2 Å². The second kappa shape index (κ2) is 11.2. The molecule has 3 rings (SSSR count). The molecule has 0 spiro atoms. The van der Waals surface area contributed by atoms with Crippen molar-refractivity contribution in [2.45, 2.75) is 32.5 Å². The summed E-state index contributed by atoms with van der Waals surface area (Å²) in [6.07, 6.45) is 0.767. The number of benzene rings is 2. The predicted octanol–water partition coefficient (Wildman–Crippen LogP) is 3.17. The van der Waals surface area contributed by atoms with Gasteiger partial charge in [0.15, 0.2) is 0 Å². The van der Waals surface area contributed by atoms with Gasteiger partial charge in [-0.3, -0.25) is 9.80 Å². The summed E-state index contributed by atoms with van der Waals surface area (Å²) >= 11 is 0. The molecular weight excluding hydrogens is 380 g/mol. The summed E-state index contributed by atoms with van der Waals surface area (Å²) in [7, 11) is 3.39. The van der Waals surface area contributed by atoms with Crippen molar-refractivity contribution in [3.8, 4) is 17.2 Å². The van der Waals surface area contributed by atoms with Crippen LogP contribution in [0.3, 0.4) is 0 Å². The van der Waals surface area contributed by atoms with Gasteiger partial charge in [-0.25, -0.2) is 0 Å².